The molecule has 7 heteroatoms. The van der Waals surface area contributed by atoms with Crippen LogP contribution < -0.4 is 16.4 Å². The van der Waals surface area contributed by atoms with Gasteiger partial charge in [0.15, 0.2) is 0 Å². The minimum absolute atomic E-state index is 0.0178. The van der Waals surface area contributed by atoms with Gasteiger partial charge in [0, 0.05) is 12.1 Å². The van der Waals surface area contributed by atoms with E-state index >= 15 is 0 Å². The number of nitrogens with one attached hydrogen (secondary N) is 2. The lowest BCUT2D eigenvalue weighted by atomic mass is 9.98. The van der Waals surface area contributed by atoms with E-state index in [-0.39, 0.29) is 18.8 Å². The number of amides is 3. The molecule has 0 fully saturated rings. The summed E-state index contributed by atoms with van der Waals surface area (Å²) in [5, 5.41) is 5.47. The summed E-state index contributed by atoms with van der Waals surface area (Å²) < 4.78 is 13.1. The standard InChI is InChI=1S/C25H24FN3O3/c26-21-13-11-17(12-14-21)15-20(23(27)30)16-28-25(32)22(18-7-3-1-4-8-18)29-24(31)19-9-5-2-6-10-19/h1-14,20,22H,15-16H2,(H2,27,30)(H,28,32)(H,29,31). The maximum absolute atomic E-state index is 13.1. The van der Waals surface area contributed by atoms with Crippen LogP contribution in [-0.2, 0) is 16.0 Å². The highest BCUT2D eigenvalue weighted by Crippen LogP contribution is 2.15. The molecule has 0 heterocycles. The van der Waals surface area contributed by atoms with Gasteiger partial charge in [-0.2, -0.15) is 0 Å². The molecule has 0 radical (unpaired) electrons. The molecule has 0 aromatic heterocycles. The first-order valence-corrected chi connectivity index (χ1v) is 10.2. The van der Waals surface area contributed by atoms with Crippen LogP contribution in [0.2, 0.25) is 0 Å². The summed E-state index contributed by atoms with van der Waals surface area (Å²) >= 11 is 0. The smallest absolute Gasteiger partial charge is 0.252 e. The number of rotatable bonds is 9. The van der Waals surface area contributed by atoms with Crippen LogP contribution in [0.4, 0.5) is 4.39 Å². The Morgan fingerprint density at radius 3 is 2.03 bits per heavy atom. The molecule has 3 aromatic carbocycles. The van der Waals surface area contributed by atoms with E-state index in [4.69, 9.17) is 5.73 Å². The molecule has 0 spiro atoms. The zero-order valence-corrected chi connectivity index (χ0v) is 17.3. The lowest BCUT2D eigenvalue weighted by molar-refractivity contribution is -0.124. The number of carbonyl (C=O) groups excluding carboxylic acids is 3. The van der Waals surface area contributed by atoms with Gasteiger partial charge in [0.2, 0.25) is 11.8 Å². The molecule has 3 amide bonds. The summed E-state index contributed by atoms with van der Waals surface area (Å²) in [7, 11) is 0. The van der Waals surface area contributed by atoms with E-state index in [0.29, 0.717) is 11.1 Å². The van der Waals surface area contributed by atoms with Crippen molar-refractivity contribution in [2.45, 2.75) is 12.5 Å². The number of benzene rings is 3. The van der Waals surface area contributed by atoms with Crippen molar-refractivity contribution in [3.8, 4) is 0 Å². The van der Waals surface area contributed by atoms with Gasteiger partial charge in [0.05, 0.1) is 5.92 Å². The first-order valence-electron chi connectivity index (χ1n) is 10.2. The number of halogens is 1. The maximum Gasteiger partial charge on any atom is 0.252 e. The van der Waals surface area contributed by atoms with Gasteiger partial charge >= 0.3 is 0 Å². The summed E-state index contributed by atoms with van der Waals surface area (Å²) in [4.78, 5) is 37.6. The monoisotopic (exact) mass is 433 g/mol. The number of carbonyl (C=O) groups is 3. The fourth-order valence-electron chi connectivity index (χ4n) is 3.25. The summed E-state index contributed by atoms with van der Waals surface area (Å²) in [5.74, 6) is -2.51. The van der Waals surface area contributed by atoms with Crippen molar-refractivity contribution in [3.63, 3.8) is 0 Å². The highest BCUT2D eigenvalue weighted by Gasteiger charge is 2.25. The van der Waals surface area contributed by atoms with Crippen molar-refractivity contribution in [2.75, 3.05) is 6.54 Å². The summed E-state index contributed by atoms with van der Waals surface area (Å²) in [6.07, 6.45) is 0.252. The third kappa shape index (κ3) is 6.25. The maximum atomic E-state index is 13.1. The molecular weight excluding hydrogens is 409 g/mol. The molecule has 4 N–H and O–H groups in total. The Balaban J connectivity index is 1.71. The fraction of sp³-hybridized carbons (Fsp3) is 0.160. The topological polar surface area (TPSA) is 101 Å². The average molecular weight is 433 g/mol. The van der Waals surface area contributed by atoms with Crippen molar-refractivity contribution in [1.29, 1.82) is 0 Å². The van der Waals surface area contributed by atoms with Gasteiger partial charge in [-0.05, 0) is 41.8 Å². The van der Waals surface area contributed by atoms with E-state index in [0.717, 1.165) is 5.56 Å². The second-order valence-corrected chi connectivity index (χ2v) is 7.36. The molecule has 32 heavy (non-hydrogen) atoms. The number of primary amides is 1. The van der Waals surface area contributed by atoms with Gasteiger partial charge in [-0.15, -0.1) is 0 Å². The van der Waals surface area contributed by atoms with Gasteiger partial charge in [-0.25, -0.2) is 4.39 Å². The molecular formula is C25H24FN3O3. The van der Waals surface area contributed by atoms with Crippen LogP contribution in [0.1, 0.15) is 27.5 Å². The van der Waals surface area contributed by atoms with E-state index in [1.54, 1.807) is 66.7 Å². The Bertz CT molecular complexity index is 1060. The van der Waals surface area contributed by atoms with E-state index in [9.17, 15) is 18.8 Å². The fourth-order valence-corrected chi connectivity index (χ4v) is 3.25. The van der Waals surface area contributed by atoms with Crippen LogP contribution >= 0.6 is 0 Å². The minimum Gasteiger partial charge on any atom is -0.369 e. The first-order chi connectivity index (χ1) is 15.4. The van der Waals surface area contributed by atoms with Crippen LogP contribution in [0.5, 0.6) is 0 Å². The van der Waals surface area contributed by atoms with Gasteiger partial charge in [-0.1, -0.05) is 60.7 Å². The number of hydrogen-bond acceptors (Lipinski definition) is 3. The molecule has 0 saturated heterocycles. The Hall–Kier alpha value is -4.00. The SMILES string of the molecule is NC(=O)C(CNC(=O)C(NC(=O)c1ccccc1)c1ccccc1)Cc1ccc(F)cc1. The predicted octanol–water partition coefficient (Wildman–Crippen LogP) is 2.76. The predicted molar refractivity (Wildman–Crippen MR) is 119 cm³/mol. The van der Waals surface area contributed by atoms with E-state index in [1.165, 1.54) is 12.1 Å². The molecule has 0 aliphatic heterocycles. The van der Waals surface area contributed by atoms with Gasteiger partial charge in [0.25, 0.3) is 5.91 Å². The van der Waals surface area contributed by atoms with Gasteiger partial charge < -0.3 is 16.4 Å². The Morgan fingerprint density at radius 1 is 0.844 bits per heavy atom. The van der Waals surface area contributed by atoms with E-state index in [2.05, 4.69) is 10.6 Å². The third-order valence-corrected chi connectivity index (χ3v) is 5.03. The van der Waals surface area contributed by atoms with Gasteiger partial charge in [-0.3, -0.25) is 14.4 Å². The summed E-state index contributed by atoms with van der Waals surface area (Å²) in [6.45, 7) is -0.0178. The van der Waals surface area contributed by atoms with Crippen LogP contribution in [0.15, 0.2) is 84.9 Å². The number of nitrogens with two attached hydrogens (primary N) is 1. The molecule has 2 unspecified atom stereocenters. The summed E-state index contributed by atoms with van der Waals surface area (Å²) in [5.41, 5.74) is 7.26. The second kappa shape index (κ2) is 10.9. The molecule has 0 aliphatic rings. The lowest BCUT2D eigenvalue weighted by Crippen LogP contribution is -2.44. The molecule has 3 rings (SSSR count). The van der Waals surface area contributed by atoms with Crippen molar-refractivity contribution in [3.05, 3.63) is 107 Å². The third-order valence-electron chi connectivity index (χ3n) is 5.03. The highest BCUT2D eigenvalue weighted by molar-refractivity contribution is 5.97. The van der Waals surface area contributed by atoms with Crippen molar-refractivity contribution < 1.29 is 18.8 Å². The zero-order valence-electron chi connectivity index (χ0n) is 17.3. The molecule has 3 aromatic rings. The molecule has 0 bridgehead atoms. The van der Waals surface area contributed by atoms with Crippen LogP contribution in [-0.4, -0.2) is 24.3 Å². The second-order valence-electron chi connectivity index (χ2n) is 7.36. The summed E-state index contributed by atoms with van der Waals surface area (Å²) in [6, 6.07) is 22.2. The molecule has 2 atom stereocenters. The van der Waals surface area contributed by atoms with Crippen LogP contribution in [0.3, 0.4) is 0 Å². The molecule has 164 valence electrons. The number of hydrogen-bond donors (Lipinski definition) is 3. The average Bonchev–Trinajstić information content (AvgIpc) is 2.82. The van der Waals surface area contributed by atoms with E-state index < -0.39 is 29.7 Å². The minimum atomic E-state index is -0.955. The first kappa shape index (κ1) is 22.7. The molecule has 6 nitrogen and oxygen atoms in total. The zero-order chi connectivity index (χ0) is 22.9. The van der Waals surface area contributed by atoms with Crippen LogP contribution in [0, 0.1) is 11.7 Å². The normalized spacial score (nSPS) is 12.4. The van der Waals surface area contributed by atoms with Crippen molar-refractivity contribution in [2.24, 2.45) is 11.7 Å². The highest BCUT2D eigenvalue weighted by atomic mass is 19.1. The van der Waals surface area contributed by atoms with Crippen molar-refractivity contribution >= 4 is 17.7 Å². The van der Waals surface area contributed by atoms with Gasteiger partial charge in [0.1, 0.15) is 11.9 Å². The molecule has 0 saturated carbocycles. The quantitative estimate of drug-likeness (QED) is 0.484. The Labute approximate surface area is 185 Å². The largest absolute Gasteiger partial charge is 0.369 e. The Kier molecular flexibility index (Phi) is 7.70. The van der Waals surface area contributed by atoms with Crippen LogP contribution in [0.25, 0.3) is 0 Å². The lowest BCUT2D eigenvalue weighted by Gasteiger charge is -2.21. The molecule has 0 aliphatic carbocycles. The van der Waals surface area contributed by atoms with E-state index in [1.807, 2.05) is 6.07 Å². The van der Waals surface area contributed by atoms with Crippen molar-refractivity contribution in [1.82, 2.24) is 10.6 Å². The Morgan fingerprint density at radius 2 is 1.44 bits per heavy atom.